The first-order chi connectivity index (χ1) is 15.6. The van der Waals surface area contributed by atoms with Gasteiger partial charge in [-0.15, -0.1) is 0 Å². The fourth-order valence-electron chi connectivity index (χ4n) is 7.57. The zero-order valence-corrected chi connectivity index (χ0v) is 22.6. The van der Waals surface area contributed by atoms with Crippen LogP contribution in [-0.4, -0.2) is 50.2 Å². The summed E-state index contributed by atoms with van der Waals surface area (Å²) in [5, 5.41) is 24.4. The van der Waals surface area contributed by atoms with Crippen LogP contribution in [-0.2, 0) is 9.59 Å². The van der Waals surface area contributed by atoms with E-state index in [1.54, 1.807) is 0 Å². The number of amides is 2. The van der Waals surface area contributed by atoms with Crippen molar-refractivity contribution in [2.45, 2.75) is 148 Å². The molecule has 6 heteroatoms. The van der Waals surface area contributed by atoms with Gasteiger partial charge in [-0.2, -0.15) is 0 Å². The molecule has 3 aliphatic rings. The topological polar surface area (TPSA) is 104 Å². The second-order valence-corrected chi connectivity index (χ2v) is 13.9. The molecule has 0 aliphatic heterocycles. The molecule has 0 spiro atoms. The van der Waals surface area contributed by atoms with Crippen molar-refractivity contribution < 1.29 is 19.8 Å². The molecule has 0 heterocycles. The molecule has 0 aromatic rings. The molecule has 34 heavy (non-hydrogen) atoms. The monoisotopic (exact) mass is 478 g/mol. The molecule has 3 rings (SSSR count). The Morgan fingerprint density at radius 1 is 0.676 bits per heavy atom. The maximum Gasteiger partial charge on any atom is 0.238 e. The smallest absolute Gasteiger partial charge is 0.238 e. The third kappa shape index (κ3) is 4.91. The van der Waals surface area contributed by atoms with E-state index in [1.807, 2.05) is 4.90 Å². The summed E-state index contributed by atoms with van der Waals surface area (Å²) >= 11 is 0. The van der Waals surface area contributed by atoms with Crippen LogP contribution in [0, 0.1) is 16.2 Å². The van der Waals surface area contributed by atoms with Crippen LogP contribution in [0.3, 0.4) is 0 Å². The van der Waals surface area contributed by atoms with Gasteiger partial charge < -0.3 is 20.8 Å². The largest absolute Gasteiger partial charge is 0.388 e. The van der Waals surface area contributed by atoms with Gasteiger partial charge >= 0.3 is 0 Å². The third-order valence-electron chi connectivity index (χ3n) is 8.98. The summed E-state index contributed by atoms with van der Waals surface area (Å²) in [4.78, 5) is 29.2. The van der Waals surface area contributed by atoms with Gasteiger partial charge in [0.2, 0.25) is 11.8 Å². The molecule has 0 unspecified atom stereocenters. The third-order valence-corrected chi connectivity index (χ3v) is 8.98. The number of nitrogens with two attached hydrogens (primary N) is 1. The summed E-state index contributed by atoms with van der Waals surface area (Å²) < 4.78 is 0. The molecule has 6 nitrogen and oxygen atoms in total. The van der Waals surface area contributed by atoms with E-state index in [9.17, 15) is 19.8 Å². The maximum atomic E-state index is 14.6. The lowest BCUT2D eigenvalue weighted by Gasteiger charge is -2.61. The van der Waals surface area contributed by atoms with Crippen molar-refractivity contribution in [3.63, 3.8) is 0 Å². The van der Waals surface area contributed by atoms with E-state index in [0.29, 0.717) is 38.5 Å². The van der Waals surface area contributed by atoms with Gasteiger partial charge in [0.1, 0.15) is 5.41 Å². The van der Waals surface area contributed by atoms with Crippen LogP contribution in [0.4, 0.5) is 0 Å². The number of aliphatic hydroxyl groups is 2. The number of carbonyl (C=O) groups is 2. The predicted molar refractivity (Wildman–Crippen MR) is 135 cm³/mol. The van der Waals surface area contributed by atoms with E-state index in [2.05, 4.69) is 41.5 Å². The molecule has 4 N–H and O–H groups in total. The van der Waals surface area contributed by atoms with Crippen molar-refractivity contribution in [1.29, 1.82) is 0 Å². The molecule has 0 bridgehead atoms. The fourth-order valence-corrected chi connectivity index (χ4v) is 7.57. The van der Waals surface area contributed by atoms with Crippen molar-refractivity contribution in [1.82, 2.24) is 4.90 Å². The van der Waals surface area contributed by atoms with E-state index in [-0.39, 0.29) is 5.91 Å². The van der Waals surface area contributed by atoms with E-state index < -0.39 is 45.4 Å². The number of primary amides is 1. The van der Waals surface area contributed by atoms with E-state index in [0.717, 1.165) is 44.9 Å². The van der Waals surface area contributed by atoms with Crippen LogP contribution in [0.5, 0.6) is 0 Å². The van der Waals surface area contributed by atoms with Crippen molar-refractivity contribution in [2.75, 3.05) is 0 Å². The van der Waals surface area contributed by atoms with Gasteiger partial charge in [0.05, 0.1) is 23.3 Å². The molecule has 196 valence electrons. The minimum absolute atomic E-state index is 0.274. The standard InChI is InChI=1S/C28H50N2O4/c1-24(2,3)20(27(33)16-9-7-10-17-27)30(23(32)26(22(29)31)14-13-15-26)21(25(4,5)6)28(34)18-11-8-12-19-28/h20-21,33-34H,7-19H2,1-6H3,(H2,29,31)/t20-,21-/m1/s1. The van der Waals surface area contributed by atoms with Gasteiger partial charge in [-0.3, -0.25) is 9.59 Å². The number of hydrogen-bond donors (Lipinski definition) is 3. The zero-order valence-electron chi connectivity index (χ0n) is 22.6. The van der Waals surface area contributed by atoms with Gasteiger partial charge in [0.25, 0.3) is 0 Å². The summed E-state index contributed by atoms with van der Waals surface area (Å²) in [5.41, 5.74) is 1.62. The number of carbonyl (C=O) groups excluding carboxylic acids is 2. The second-order valence-electron chi connectivity index (χ2n) is 13.9. The molecular formula is C28H50N2O4. The Morgan fingerprint density at radius 3 is 1.26 bits per heavy atom. The zero-order chi connectivity index (χ0) is 25.6. The van der Waals surface area contributed by atoms with Crippen LogP contribution in [0.25, 0.3) is 0 Å². The Kier molecular flexibility index (Phi) is 7.58. The molecule has 0 aromatic carbocycles. The quantitative estimate of drug-likeness (QED) is 0.482. The lowest BCUT2D eigenvalue weighted by Crippen LogP contribution is -2.73. The fraction of sp³-hybridized carbons (Fsp3) is 0.929. The van der Waals surface area contributed by atoms with Crippen molar-refractivity contribution in [2.24, 2.45) is 22.0 Å². The first kappa shape index (κ1) is 27.4. The molecule has 3 aliphatic carbocycles. The van der Waals surface area contributed by atoms with E-state index >= 15 is 0 Å². The molecule has 3 saturated carbocycles. The molecule has 3 fully saturated rings. The maximum absolute atomic E-state index is 14.6. The highest BCUT2D eigenvalue weighted by atomic mass is 16.3. The Hall–Kier alpha value is -1.14. The summed E-state index contributed by atoms with van der Waals surface area (Å²) in [6.45, 7) is 12.5. The lowest BCUT2D eigenvalue weighted by molar-refractivity contribution is -0.201. The molecule has 0 radical (unpaired) electrons. The Morgan fingerprint density at radius 2 is 1.03 bits per heavy atom. The van der Waals surface area contributed by atoms with Crippen LogP contribution < -0.4 is 5.73 Å². The highest BCUT2D eigenvalue weighted by molar-refractivity contribution is 6.05. The SMILES string of the molecule is CC(C)(C)[C@@H](N(C(=O)C1(C(N)=O)CCC1)[C@H](C(C)(C)C)C1(O)CCCCC1)C1(O)CCCCC1. The first-order valence-electron chi connectivity index (χ1n) is 13.7. The van der Waals surface area contributed by atoms with E-state index in [1.165, 1.54) is 0 Å². The number of hydrogen-bond acceptors (Lipinski definition) is 4. The molecule has 0 aromatic heterocycles. The minimum atomic E-state index is -1.23. The normalized spacial score (nSPS) is 26.1. The van der Waals surface area contributed by atoms with Gasteiger partial charge in [-0.25, -0.2) is 0 Å². The number of rotatable bonds is 6. The first-order valence-corrected chi connectivity index (χ1v) is 13.7. The Bertz CT molecular complexity index is 705. The average molecular weight is 479 g/mol. The van der Waals surface area contributed by atoms with Crippen LogP contribution >= 0.6 is 0 Å². The van der Waals surface area contributed by atoms with Crippen molar-refractivity contribution >= 4 is 11.8 Å². The van der Waals surface area contributed by atoms with Gasteiger partial charge in [0, 0.05) is 0 Å². The lowest BCUT2D eigenvalue weighted by atomic mass is 9.61. The molecule has 2 atom stereocenters. The summed E-state index contributed by atoms with van der Waals surface area (Å²) in [6, 6.07) is -1.06. The van der Waals surface area contributed by atoms with Gasteiger partial charge in [-0.05, 0) is 49.4 Å². The molecule has 0 saturated heterocycles. The summed E-state index contributed by atoms with van der Waals surface area (Å²) in [5.74, 6) is -0.843. The Balaban J connectivity index is 2.25. The van der Waals surface area contributed by atoms with Crippen molar-refractivity contribution in [3.8, 4) is 0 Å². The van der Waals surface area contributed by atoms with E-state index in [4.69, 9.17) is 5.73 Å². The Labute approximate surface area is 207 Å². The van der Waals surface area contributed by atoms with Gasteiger partial charge in [-0.1, -0.05) is 86.5 Å². The minimum Gasteiger partial charge on any atom is -0.388 e. The molecule has 2 amide bonds. The average Bonchev–Trinajstić information content (AvgIpc) is 2.64. The second kappa shape index (κ2) is 9.38. The van der Waals surface area contributed by atoms with Crippen LogP contribution in [0.2, 0.25) is 0 Å². The van der Waals surface area contributed by atoms with Crippen LogP contribution in [0.15, 0.2) is 0 Å². The number of nitrogens with zero attached hydrogens (tertiary/aromatic N) is 1. The molecular weight excluding hydrogens is 428 g/mol. The summed E-state index contributed by atoms with van der Waals surface area (Å²) in [6.07, 6.45) is 9.97. The summed E-state index contributed by atoms with van der Waals surface area (Å²) in [7, 11) is 0. The predicted octanol–water partition coefficient (Wildman–Crippen LogP) is 4.69. The van der Waals surface area contributed by atoms with Crippen LogP contribution in [0.1, 0.15) is 125 Å². The van der Waals surface area contributed by atoms with Gasteiger partial charge in [0.15, 0.2) is 0 Å². The highest BCUT2D eigenvalue weighted by Gasteiger charge is 2.62. The van der Waals surface area contributed by atoms with Crippen molar-refractivity contribution in [3.05, 3.63) is 0 Å². The highest BCUT2D eigenvalue weighted by Crippen LogP contribution is 2.52.